The number of rotatable bonds is 7. The van der Waals surface area contributed by atoms with E-state index in [9.17, 15) is 28.3 Å². The lowest BCUT2D eigenvalue weighted by molar-refractivity contribution is -0.138. The molecule has 35 heavy (non-hydrogen) atoms. The van der Waals surface area contributed by atoms with Crippen LogP contribution in [0.1, 0.15) is 33.0 Å². The molecule has 3 N–H and O–H groups in total. The molecule has 0 atom stereocenters. The molecule has 0 saturated carbocycles. The van der Waals surface area contributed by atoms with Crippen LogP contribution in [0.3, 0.4) is 0 Å². The van der Waals surface area contributed by atoms with Crippen LogP contribution in [0.25, 0.3) is 11.1 Å². The lowest BCUT2D eigenvalue weighted by Gasteiger charge is -2.18. The van der Waals surface area contributed by atoms with E-state index in [1.165, 1.54) is 18.2 Å². The van der Waals surface area contributed by atoms with E-state index in [-0.39, 0.29) is 23.8 Å². The van der Waals surface area contributed by atoms with Crippen LogP contribution in [-0.4, -0.2) is 42.2 Å². The van der Waals surface area contributed by atoms with Gasteiger partial charge in [-0.25, -0.2) is 9.59 Å². The molecule has 3 aromatic carbocycles. The summed E-state index contributed by atoms with van der Waals surface area (Å²) in [6, 6.07) is 19.3. The van der Waals surface area contributed by atoms with Crippen LogP contribution in [0.4, 0.5) is 19.3 Å². The fourth-order valence-corrected chi connectivity index (χ4v) is 4.07. The number of hydrogen-bond acceptors (Lipinski definition) is 4. The van der Waals surface area contributed by atoms with Crippen molar-refractivity contribution in [3.05, 3.63) is 89.0 Å². The summed E-state index contributed by atoms with van der Waals surface area (Å²) in [5, 5.41) is 13.1. The van der Waals surface area contributed by atoms with Gasteiger partial charge in [-0.1, -0.05) is 60.2 Å². The summed E-state index contributed by atoms with van der Waals surface area (Å²) in [5.41, 5.74) is 3.99. The van der Waals surface area contributed by atoms with Gasteiger partial charge in [-0.2, -0.15) is 8.78 Å². The van der Waals surface area contributed by atoms with E-state index in [4.69, 9.17) is 4.74 Å². The van der Waals surface area contributed by atoms with Gasteiger partial charge in [0, 0.05) is 5.92 Å². The number of anilines is 1. The number of aromatic carboxylic acids is 1. The Morgan fingerprint density at radius 1 is 0.971 bits per heavy atom. The number of carbonyl (C=O) groups is 3. The highest BCUT2D eigenvalue weighted by atomic mass is 19.3. The number of amides is 2. The molecule has 180 valence electrons. The number of hydrogen-bond donors (Lipinski definition) is 3. The van der Waals surface area contributed by atoms with Crippen molar-refractivity contribution in [2.45, 2.75) is 18.8 Å². The maximum absolute atomic E-state index is 14.4. The molecule has 0 aliphatic heterocycles. The number of fused-ring (bicyclic) bond motifs is 3. The van der Waals surface area contributed by atoms with Crippen LogP contribution >= 0.6 is 0 Å². The number of carbonyl (C=O) groups excluding carboxylic acids is 2. The summed E-state index contributed by atoms with van der Waals surface area (Å²) >= 11 is 0. The molecule has 0 fully saturated rings. The van der Waals surface area contributed by atoms with Gasteiger partial charge in [0.05, 0.1) is 17.8 Å². The molecule has 4 rings (SSSR count). The molecule has 0 heterocycles. The summed E-state index contributed by atoms with van der Waals surface area (Å²) in [6.45, 7) is 0.248. The van der Waals surface area contributed by atoms with Crippen LogP contribution in [-0.2, 0) is 9.53 Å². The van der Waals surface area contributed by atoms with Crippen molar-refractivity contribution >= 4 is 23.7 Å². The topological polar surface area (TPSA) is 105 Å². The Hall–Kier alpha value is -4.27. The largest absolute Gasteiger partial charge is 0.478 e. The van der Waals surface area contributed by atoms with Crippen LogP contribution in [0.15, 0.2) is 66.7 Å². The molecule has 0 spiro atoms. The fraction of sp³-hybridized carbons (Fsp3) is 0.192. The average Bonchev–Trinajstić information content (AvgIpc) is 3.16. The van der Waals surface area contributed by atoms with Crippen molar-refractivity contribution in [3.8, 4) is 11.1 Å². The molecule has 7 nitrogen and oxygen atoms in total. The van der Waals surface area contributed by atoms with Gasteiger partial charge in [0.2, 0.25) is 0 Å². The van der Waals surface area contributed by atoms with Crippen molar-refractivity contribution in [1.82, 2.24) is 5.32 Å². The smallest absolute Gasteiger partial charge is 0.407 e. The summed E-state index contributed by atoms with van der Waals surface area (Å²) in [4.78, 5) is 35.6. The van der Waals surface area contributed by atoms with Crippen LogP contribution in [0, 0.1) is 6.92 Å². The van der Waals surface area contributed by atoms with Crippen molar-refractivity contribution < 1.29 is 33.0 Å². The second-order valence-corrected chi connectivity index (χ2v) is 8.19. The van der Waals surface area contributed by atoms with E-state index in [1.807, 2.05) is 59.2 Å². The SMILES string of the molecule is Cc1ccc(NC(=O)C(F)(F)CNC(=O)OCC2c3ccccc3-c3ccccc32)c(C(=O)O)c1. The Labute approximate surface area is 199 Å². The second-order valence-electron chi connectivity index (χ2n) is 8.19. The third-order valence-corrected chi connectivity index (χ3v) is 5.78. The maximum Gasteiger partial charge on any atom is 0.407 e. The molecule has 0 saturated heterocycles. The first-order chi connectivity index (χ1) is 16.7. The van der Waals surface area contributed by atoms with E-state index in [0.29, 0.717) is 5.56 Å². The summed E-state index contributed by atoms with van der Waals surface area (Å²) in [7, 11) is 0. The number of nitrogens with one attached hydrogen (secondary N) is 2. The van der Waals surface area contributed by atoms with Crippen LogP contribution in [0.2, 0.25) is 0 Å². The highest BCUT2D eigenvalue weighted by molar-refractivity contribution is 6.03. The van der Waals surface area contributed by atoms with Gasteiger partial charge in [-0.05, 0) is 41.3 Å². The minimum Gasteiger partial charge on any atom is -0.478 e. The van der Waals surface area contributed by atoms with Gasteiger partial charge in [0.1, 0.15) is 6.61 Å². The van der Waals surface area contributed by atoms with Crippen molar-refractivity contribution in [3.63, 3.8) is 0 Å². The predicted molar refractivity (Wildman–Crippen MR) is 125 cm³/mol. The second kappa shape index (κ2) is 9.54. The standard InChI is InChI=1S/C26H22F2N2O5/c1-15-10-11-22(20(12-15)23(31)32)30-24(33)26(27,28)14-29-25(34)35-13-21-18-8-4-2-6-16(18)17-7-3-5-9-19(17)21/h2-12,21H,13-14H2,1H3,(H,29,34)(H,30,33)(H,31,32). The van der Waals surface area contributed by atoms with Gasteiger partial charge < -0.3 is 20.5 Å². The van der Waals surface area contributed by atoms with E-state index >= 15 is 0 Å². The van der Waals surface area contributed by atoms with Crippen LogP contribution in [0.5, 0.6) is 0 Å². The number of ether oxygens (including phenoxy) is 1. The van der Waals surface area contributed by atoms with Crippen molar-refractivity contribution in [1.29, 1.82) is 0 Å². The molecule has 0 unspecified atom stereocenters. The Bertz CT molecular complexity index is 1260. The zero-order valence-electron chi connectivity index (χ0n) is 18.7. The number of carboxylic acids is 1. The minimum absolute atomic E-state index is 0.0665. The van der Waals surface area contributed by atoms with Gasteiger partial charge >= 0.3 is 18.0 Å². The number of carboxylic acid groups (broad SMARTS) is 1. The van der Waals surface area contributed by atoms with Crippen LogP contribution < -0.4 is 10.6 Å². The highest BCUT2D eigenvalue weighted by Gasteiger charge is 2.40. The molecule has 2 amide bonds. The Morgan fingerprint density at radius 2 is 1.57 bits per heavy atom. The summed E-state index contributed by atoms with van der Waals surface area (Å²) in [6.07, 6.45) is -1.10. The number of alkyl halides is 2. The van der Waals surface area contributed by atoms with E-state index < -0.39 is 30.4 Å². The summed E-state index contributed by atoms with van der Waals surface area (Å²) < 4.78 is 34.0. The Kier molecular flexibility index (Phi) is 6.50. The summed E-state index contributed by atoms with van der Waals surface area (Å²) in [5.74, 6) is -7.37. The Morgan fingerprint density at radius 3 is 2.17 bits per heavy atom. The number of alkyl carbamates (subject to hydrolysis) is 1. The molecule has 1 aliphatic rings. The van der Waals surface area contributed by atoms with E-state index in [0.717, 1.165) is 22.3 Å². The maximum atomic E-state index is 14.4. The van der Waals surface area contributed by atoms with E-state index in [1.54, 1.807) is 6.92 Å². The predicted octanol–water partition coefficient (Wildman–Crippen LogP) is 4.81. The van der Waals surface area contributed by atoms with E-state index in [2.05, 4.69) is 0 Å². The lowest BCUT2D eigenvalue weighted by Crippen LogP contribution is -2.45. The molecule has 0 bridgehead atoms. The molecular weight excluding hydrogens is 458 g/mol. The van der Waals surface area contributed by atoms with Gasteiger partial charge in [-0.15, -0.1) is 0 Å². The fourth-order valence-electron chi connectivity index (χ4n) is 4.07. The first-order valence-corrected chi connectivity index (χ1v) is 10.8. The number of halogens is 2. The third-order valence-electron chi connectivity index (χ3n) is 5.78. The van der Waals surface area contributed by atoms with Crippen molar-refractivity contribution in [2.24, 2.45) is 0 Å². The third kappa shape index (κ3) is 4.98. The first-order valence-electron chi connectivity index (χ1n) is 10.8. The van der Waals surface area contributed by atoms with Gasteiger partial charge in [0.25, 0.3) is 5.91 Å². The zero-order valence-corrected chi connectivity index (χ0v) is 18.7. The average molecular weight is 480 g/mol. The van der Waals surface area contributed by atoms with Gasteiger partial charge in [-0.3, -0.25) is 4.79 Å². The monoisotopic (exact) mass is 480 g/mol. The minimum atomic E-state index is -4.01. The molecular formula is C26H22F2N2O5. The highest BCUT2D eigenvalue weighted by Crippen LogP contribution is 2.44. The molecule has 0 aromatic heterocycles. The number of aryl methyl sites for hydroxylation is 1. The first kappa shape index (κ1) is 23.9. The quantitative estimate of drug-likeness (QED) is 0.450. The normalized spacial score (nSPS) is 12.4. The van der Waals surface area contributed by atoms with Gasteiger partial charge in [0.15, 0.2) is 0 Å². The molecule has 3 aromatic rings. The molecule has 0 radical (unpaired) electrons. The molecule has 1 aliphatic carbocycles. The Balaban J connectivity index is 1.36. The molecule has 9 heteroatoms. The zero-order chi connectivity index (χ0) is 25.2. The lowest BCUT2D eigenvalue weighted by atomic mass is 9.98. The van der Waals surface area contributed by atoms with Crippen molar-refractivity contribution in [2.75, 3.05) is 18.5 Å². The number of benzene rings is 3.